The van der Waals surface area contributed by atoms with Crippen LogP contribution in [0.1, 0.15) is 42.3 Å². The van der Waals surface area contributed by atoms with Crippen molar-refractivity contribution in [3.8, 4) is 0 Å². The molecular formula is C14H18INO. The predicted octanol–water partition coefficient (Wildman–Crippen LogP) is 3.88. The van der Waals surface area contributed by atoms with Crippen molar-refractivity contribution < 1.29 is 4.79 Å². The molecule has 0 aliphatic carbocycles. The summed E-state index contributed by atoms with van der Waals surface area (Å²) in [5, 5.41) is 0. The number of aryl methyl sites for hydroxylation is 1. The van der Waals surface area contributed by atoms with E-state index in [0.29, 0.717) is 5.92 Å². The number of carbonyl (C=O) groups is 1. The molecule has 0 spiro atoms. The first kappa shape index (κ1) is 14.4. The van der Waals surface area contributed by atoms with Gasteiger partial charge in [0, 0.05) is 27.5 Å². The summed E-state index contributed by atoms with van der Waals surface area (Å²) >= 11 is 2.26. The molecule has 0 N–H and O–H groups in total. The lowest BCUT2D eigenvalue weighted by Crippen LogP contribution is -2.14. The monoisotopic (exact) mass is 343 g/mol. The van der Waals surface area contributed by atoms with E-state index in [2.05, 4.69) is 54.4 Å². The first-order valence-electron chi connectivity index (χ1n) is 5.66. The number of benzene rings is 1. The fourth-order valence-corrected chi connectivity index (χ4v) is 2.34. The maximum Gasteiger partial charge on any atom is 0.160 e. The van der Waals surface area contributed by atoms with Crippen molar-refractivity contribution in [1.29, 1.82) is 0 Å². The third-order valence-corrected chi connectivity index (χ3v) is 3.90. The van der Waals surface area contributed by atoms with Crippen LogP contribution in [0.2, 0.25) is 0 Å². The molecule has 0 amide bonds. The minimum atomic E-state index is 0.0970. The first-order valence-corrected chi connectivity index (χ1v) is 6.74. The molecule has 1 rings (SSSR count). The number of aliphatic imine (C=N–C) groups is 1. The Morgan fingerprint density at radius 2 is 1.88 bits per heavy atom. The average molecular weight is 343 g/mol. The van der Waals surface area contributed by atoms with Crippen LogP contribution in [-0.2, 0) is 0 Å². The van der Waals surface area contributed by atoms with Gasteiger partial charge in [0.2, 0.25) is 0 Å². The largest absolute Gasteiger partial charge is 0.294 e. The van der Waals surface area contributed by atoms with E-state index < -0.39 is 0 Å². The number of carbonyl (C=O) groups excluding carboxylic acids is 1. The minimum absolute atomic E-state index is 0.0970. The Morgan fingerprint density at radius 3 is 2.29 bits per heavy atom. The molecule has 0 aliphatic rings. The fourth-order valence-electron chi connectivity index (χ4n) is 1.87. The van der Waals surface area contributed by atoms with Gasteiger partial charge in [-0.2, -0.15) is 0 Å². The number of hydrogen-bond donors (Lipinski definition) is 0. The Hall–Kier alpha value is -0.710. The number of ketones is 1. The molecule has 0 saturated heterocycles. The second kappa shape index (κ2) is 5.76. The number of Topliss-reactive ketones (excluding diaryl/α,β-unsaturated/α-hetero) is 1. The van der Waals surface area contributed by atoms with Gasteiger partial charge < -0.3 is 0 Å². The molecule has 0 radical (unpaired) electrons. The van der Waals surface area contributed by atoms with E-state index in [1.807, 2.05) is 6.07 Å². The lowest BCUT2D eigenvalue weighted by molar-refractivity contribution is 0.101. The molecule has 0 saturated carbocycles. The van der Waals surface area contributed by atoms with Gasteiger partial charge in [0.1, 0.15) is 0 Å². The van der Waals surface area contributed by atoms with E-state index >= 15 is 0 Å². The van der Waals surface area contributed by atoms with Gasteiger partial charge in [-0.1, -0.05) is 13.8 Å². The number of nitrogens with zero attached hydrogens (tertiary/aromatic N) is 1. The van der Waals surface area contributed by atoms with Gasteiger partial charge in [-0.25, -0.2) is 0 Å². The normalized spacial score (nSPS) is 12.1. The van der Waals surface area contributed by atoms with Crippen molar-refractivity contribution >= 4 is 34.1 Å². The van der Waals surface area contributed by atoms with Gasteiger partial charge in [0.15, 0.2) is 5.78 Å². The van der Waals surface area contributed by atoms with Gasteiger partial charge in [0.05, 0.1) is 0 Å². The molecule has 0 atom stereocenters. The minimum Gasteiger partial charge on any atom is -0.294 e. The van der Waals surface area contributed by atoms with Gasteiger partial charge in [0.25, 0.3) is 0 Å². The van der Waals surface area contributed by atoms with Crippen LogP contribution in [0.5, 0.6) is 0 Å². The molecule has 1 aromatic carbocycles. The van der Waals surface area contributed by atoms with Crippen molar-refractivity contribution in [1.82, 2.24) is 0 Å². The molecule has 3 heteroatoms. The van der Waals surface area contributed by atoms with Crippen LogP contribution in [0, 0.1) is 16.4 Å². The van der Waals surface area contributed by atoms with Crippen molar-refractivity contribution in [2.75, 3.05) is 7.05 Å². The maximum atomic E-state index is 11.7. The summed E-state index contributed by atoms with van der Waals surface area (Å²) < 4.78 is 1.12. The van der Waals surface area contributed by atoms with E-state index in [1.54, 1.807) is 14.0 Å². The van der Waals surface area contributed by atoms with Gasteiger partial charge >= 0.3 is 0 Å². The van der Waals surface area contributed by atoms with E-state index in [4.69, 9.17) is 0 Å². The summed E-state index contributed by atoms with van der Waals surface area (Å²) in [6, 6.07) is 4.03. The molecule has 0 bridgehead atoms. The summed E-state index contributed by atoms with van der Waals surface area (Å²) in [5.41, 5.74) is 3.93. The zero-order valence-electron chi connectivity index (χ0n) is 11.0. The highest BCUT2D eigenvalue weighted by Crippen LogP contribution is 2.22. The van der Waals surface area contributed by atoms with Crippen molar-refractivity contribution in [3.05, 3.63) is 32.4 Å². The second-order valence-corrected chi connectivity index (χ2v) is 5.63. The quantitative estimate of drug-likeness (QED) is 0.465. The highest BCUT2D eigenvalue weighted by atomic mass is 127. The third-order valence-electron chi connectivity index (χ3n) is 2.74. The van der Waals surface area contributed by atoms with Crippen molar-refractivity contribution in [2.24, 2.45) is 10.9 Å². The van der Waals surface area contributed by atoms with Gasteiger partial charge in [-0.3, -0.25) is 9.79 Å². The smallest absolute Gasteiger partial charge is 0.160 e. The summed E-state index contributed by atoms with van der Waals surface area (Å²) in [6.45, 7) is 7.86. The molecule has 0 heterocycles. The maximum absolute atomic E-state index is 11.7. The second-order valence-electron chi connectivity index (χ2n) is 4.47. The molecular weight excluding hydrogens is 325 g/mol. The molecule has 0 unspecified atom stereocenters. The highest BCUT2D eigenvalue weighted by molar-refractivity contribution is 14.1. The molecule has 0 fully saturated rings. The van der Waals surface area contributed by atoms with Crippen LogP contribution < -0.4 is 0 Å². The molecule has 2 nitrogen and oxygen atoms in total. The van der Waals surface area contributed by atoms with Crippen molar-refractivity contribution in [3.63, 3.8) is 0 Å². The van der Waals surface area contributed by atoms with Crippen LogP contribution in [0.25, 0.3) is 0 Å². The van der Waals surface area contributed by atoms with E-state index in [9.17, 15) is 4.79 Å². The highest BCUT2D eigenvalue weighted by Gasteiger charge is 2.16. The first-order chi connectivity index (χ1) is 7.88. The molecule has 1 aromatic rings. The molecule has 92 valence electrons. The average Bonchev–Trinajstić information content (AvgIpc) is 2.22. The molecule has 0 aromatic heterocycles. The Kier molecular flexibility index (Phi) is 4.86. The summed E-state index contributed by atoms with van der Waals surface area (Å²) in [5.74, 6) is 0.414. The number of rotatable bonds is 3. The van der Waals surface area contributed by atoms with Crippen LogP contribution >= 0.6 is 22.6 Å². The molecule has 0 aliphatic heterocycles. The Bertz CT molecular complexity index is 475. The SMILES string of the molecule is CN=C(c1cc(C)c(I)cc1C(C)=O)C(C)C. The van der Waals surface area contributed by atoms with Gasteiger partial charge in [-0.05, 0) is 60.1 Å². The lowest BCUT2D eigenvalue weighted by atomic mass is 9.92. The van der Waals surface area contributed by atoms with Gasteiger partial charge in [-0.15, -0.1) is 0 Å². The third kappa shape index (κ3) is 3.15. The summed E-state index contributed by atoms with van der Waals surface area (Å²) in [4.78, 5) is 16.0. The number of halogens is 1. The zero-order valence-corrected chi connectivity index (χ0v) is 13.1. The van der Waals surface area contributed by atoms with Crippen molar-refractivity contribution in [2.45, 2.75) is 27.7 Å². The van der Waals surface area contributed by atoms with E-state index in [-0.39, 0.29) is 5.78 Å². The summed E-state index contributed by atoms with van der Waals surface area (Å²) in [6.07, 6.45) is 0. The zero-order chi connectivity index (χ0) is 13.2. The van der Waals surface area contributed by atoms with E-state index in [0.717, 1.165) is 20.4 Å². The number of hydrogen-bond acceptors (Lipinski definition) is 2. The topological polar surface area (TPSA) is 29.4 Å². The Morgan fingerprint density at radius 1 is 1.29 bits per heavy atom. The predicted molar refractivity (Wildman–Crippen MR) is 81.2 cm³/mol. The van der Waals surface area contributed by atoms with Crippen LogP contribution in [0.15, 0.2) is 17.1 Å². The summed E-state index contributed by atoms with van der Waals surface area (Å²) in [7, 11) is 1.78. The van der Waals surface area contributed by atoms with Crippen LogP contribution in [0.3, 0.4) is 0 Å². The Labute approximate surface area is 117 Å². The standard InChI is InChI=1S/C14H18INO/c1-8(2)14(16-5)12-6-9(3)13(15)7-11(12)10(4)17/h6-8H,1-5H3. The fraction of sp³-hybridized carbons (Fsp3) is 0.429. The molecule has 17 heavy (non-hydrogen) atoms. The van der Waals surface area contributed by atoms with Crippen LogP contribution in [0.4, 0.5) is 0 Å². The van der Waals surface area contributed by atoms with E-state index in [1.165, 1.54) is 5.56 Å². The van der Waals surface area contributed by atoms with Crippen LogP contribution in [-0.4, -0.2) is 18.5 Å². The Balaban J connectivity index is 3.51. The lowest BCUT2D eigenvalue weighted by Gasteiger charge is -2.15.